The summed E-state index contributed by atoms with van der Waals surface area (Å²) >= 11 is 0. The predicted molar refractivity (Wildman–Crippen MR) is 110 cm³/mol. The largest absolute Gasteiger partial charge is 0.392 e. The van der Waals surface area contributed by atoms with E-state index in [9.17, 15) is 14.7 Å². The molecule has 1 aromatic heterocycles. The Bertz CT molecular complexity index is 1100. The number of rotatable bonds is 4. The van der Waals surface area contributed by atoms with Crippen molar-refractivity contribution in [2.75, 3.05) is 0 Å². The Morgan fingerprint density at radius 2 is 1.83 bits per heavy atom. The van der Waals surface area contributed by atoms with Crippen LogP contribution in [0.4, 0.5) is 0 Å². The minimum absolute atomic E-state index is 0.0480. The van der Waals surface area contributed by atoms with Gasteiger partial charge in [-0.05, 0) is 62.4 Å². The first-order valence-corrected chi connectivity index (χ1v) is 10.1. The number of Topliss-reactive ketones (excluding diaryl/α,β-unsaturated/α-hetero) is 1. The van der Waals surface area contributed by atoms with Crippen molar-refractivity contribution < 1.29 is 14.7 Å². The molecule has 1 fully saturated rings. The SMILES string of the molecule is CC(=O)[C@H]1CC[C@@H](n2/c(=N/C(=O)c3ccccc3)[nH]c3ccc(CO)cc32)CC1. The molecule has 1 saturated carbocycles. The van der Waals surface area contributed by atoms with E-state index in [1.54, 1.807) is 19.1 Å². The molecule has 0 bridgehead atoms. The molecule has 0 spiro atoms. The third kappa shape index (κ3) is 3.93. The fourth-order valence-corrected chi connectivity index (χ4v) is 4.21. The van der Waals surface area contributed by atoms with Crippen LogP contribution in [-0.2, 0) is 11.4 Å². The maximum Gasteiger partial charge on any atom is 0.280 e. The molecule has 4 rings (SSSR count). The number of benzene rings is 2. The monoisotopic (exact) mass is 391 g/mol. The average Bonchev–Trinajstić information content (AvgIpc) is 3.11. The average molecular weight is 391 g/mol. The summed E-state index contributed by atoms with van der Waals surface area (Å²) in [5, 5.41) is 9.56. The molecule has 2 aromatic carbocycles. The molecular formula is C23H25N3O3. The minimum Gasteiger partial charge on any atom is -0.392 e. The van der Waals surface area contributed by atoms with Gasteiger partial charge in [0.2, 0.25) is 5.62 Å². The number of aliphatic hydroxyl groups is 1. The van der Waals surface area contributed by atoms with Gasteiger partial charge in [-0.25, -0.2) is 0 Å². The van der Waals surface area contributed by atoms with Crippen LogP contribution in [-0.4, -0.2) is 26.3 Å². The number of carbonyl (C=O) groups is 2. The molecular weight excluding hydrogens is 366 g/mol. The number of nitrogens with one attached hydrogen (secondary N) is 1. The van der Waals surface area contributed by atoms with E-state index in [0.717, 1.165) is 42.3 Å². The van der Waals surface area contributed by atoms with Gasteiger partial charge >= 0.3 is 0 Å². The second-order valence-electron chi connectivity index (χ2n) is 7.73. The Hall–Kier alpha value is -2.99. The highest BCUT2D eigenvalue weighted by Gasteiger charge is 2.27. The van der Waals surface area contributed by atoms with Crippen LogP contribution in [0, 0.1) is 5.92 Å². The third-order valence-corrected chi connectivity index (χ3v) is 5.84. The summed E-state index contributed by atoms with van der Waals surface area (Å²) in [4.78, 5) is 32.1. The van der Waals surface area contributed by atoms with Crippen LogP contribution in [0.15, 0.2) is 53.5 Å². The van der Waals surface area contributed by atoms with Gasteiger partial charge in [0.15, 0.2) is 0 Å². The summed E-state index contributed by atoms with van der Waals surface area (Å²) in [7, 11) is 0. The van der Waals surface area contributed by atoms with Crippen molar-refractivity contribution in [3.8, 4) is 0 Å². The van der Waals surface area contributed by atoms with Gasteiger partial charge in [0.05, 0.1) is 17.6 Å². The summed E-state index contributed by atoms with van der Waals surface area (Å²) in [6, 6.07) is 14.9. The van der Waals surface area contributed by atoms with Crippen LogP contribution in [0.2, 0.25) is 0 Å². The van der Waals surface area contributed by atoms with E-state index in [2.05, 4.69) is 14.5 Å². The maximum atomic E-state index is 12.7. The van der Waals surface area contributed by atoms with E-state index < -0.39 is 0 Å². The molecule has 1 amide bonds. The summed E-state index contributed by atoms with van der Waals surface area (Å²) in [5.74, 6) is 0.0706. The Morgan fingerprint density at radius 3 is 2.48 bits per heavy atom. The van der Waals surface area contributed by atoms with E-state index >= 15 is 0 Å². The third-order valence-electron chi connectivity index (χ3n) is 5.84. The highest BCUT2D eigenvalue weighted by molar-refractivity contribution is 5.94. The number of fused-ring (bicyclic) bond motifs is 1. The highest BCUT2D eigenvalue weighted by atomic mass is 16.3. The Kier molecular flexibility index (Phi) is 5.45. The lowest BCUT2D eigenvalue weighted by atomic mass is 9.84. The second kappa shape index (κ2) is 8.17. The highest BCUT2D eigenvalue weighted by Crippen LogP contribution is 2.33. The molecule has 150 valence electrons. The molecule has 2 N–H and O–H groups in total. The lowest BCUT2D eigenvalue weighted by Gasteiger charge is -2.28. The number of amides is 1. The van der Waals surface area contributed by atoms with Crippen LogP contribution in [0.25, 0.3) is 11.0 Å². The number of hydrogen-bond donors (Lipinski definition) is 2. The Morgan fingerprint density at radius 1 is 1.10 bits per heavy atom. The van der Waals surface area contributed by atoms with Gasteiger partial charge < -0.3 is 14.7 Å². The van der Waals surface area contributed by atoms with Crippen molar-refractivity contribution in [3.05, 3.63) is 65.3 Å². The van der Waals surface area contributed by atoms with Crippen molar-refractivity contribution in [1.29, 1.82) is 0 Å². The number of aliphatic hydroxyl groups excluding tert-OH is 1. The molecule has 0 radical (unpaired) electrons. The summed E-state index contributed by atoms with van der Waals surface area (Å²) < 4.78 is 2.08. The maximum absolute atomic E-state index is 12.7. The lowest BCUT2D eigenvalue weighted by Crippen LogP contribution is -2.29. The van der Waals surface area contributed by atoms with Crippen LogP contribution in [0.1, 0.15) is 54.6 Å². The van der Waals surface area contributed by atoms with Gasteiger partial charge in [0.25, 0.3) is 5.91 Å². The zero-order valence-electron chi connectivity index (χ0n) is 16.5. The molecule has 0 aliphatic heterocycles. The first-order chi connectivity index (χ1) is 14.1. The van der Waals surface area contributed by atoms with E-state index in [-0.39, 0.29) is 30.3 Å². The molecule has 6 heteroatoms. The number of imidazole rings is 1. The van der Waals surface area contributed by atoms with Crippen molar-refractivity contribution in [2.24, 2.45) is 10.9 Å². The Labute approximate surface area is 168 Å². The number of hydrogen-bond acceptors (Lipinski definition) is 3. The smallest absolute Gasteiger partial charge is 0.280 e. The number of aromatic nitrogens is 2. The topological polar surface area (TPSA) is 87.5 Å². The van der Waals surface area contributed by atoms with Gasteiger partial charge in [-0.1, -0.05) is 24.3 Å². The molecule has 0 unspecified atom stereocenters. The summed E-state index contributed by atoms with van der Waals surface area (Å²) in [5.41, 5.74) is 3.64. The van der Waals surface area contributed by atoms with E-state index in [0.29, 0.717) is 11.2 Å². The van der Waals surface area contributed by atoms with Gasteiger partial charge in [-0.15, -0.1) is 0 Å². The van der Waals surface area contributed by atoms with E-state index in [4.69, 9.17) is 0 Å². The molecule has 3 aromatic rings. The quantitative estimate of drug-likeness (QED) is 0.713. The normalized spacial score (nSPS) is 20.1. The fraction of sp³-hybridized carbons (Fsp3) is 0.348. The standard InChI is InChI=1S/C23H25N3O3/c1-15(28)17-8-10-19(11-9-17)26-21-13-16(14-27)7-12-20(21)24-23(26)25-22(29)18-5-3-2-4-6-18/h2-7,12-13,17,19,27H,8-11,14H2,1H3,(H,24,25,29)/t17-,19+. The van der Waals surface area contributed by atoms with Gasteiger partial charge in [-0.3, -0.25) is 9.59 Å². The van der Waals surface area contributed by atoms with Gasteiger partial charge in [-0.2, -0.15) is 4.99 Å². The van der Waals surface area contributed by atoms with E-state index in [1.807, 2.05) is 36.4 Å². The zero-order chi connectivity index (χ0) is 20.4. The fourth-order valence-electron chi connectivity index (χ4n) is 4.21. The molecule has 29 heavy (non-hydrogen) atoms. The van der Waals surface area contributed by atoms with Crippen molar-refractivity contribution in [2.45, 2.75) is 45.3 Å². The zero-order valence-corrected chi connectivity index (χ0v) is 16.5. The molecule has 1 heterocycles. The first kappa shape index (κ1) is 19.3. The molecule has 1 aliphatic carbocycles. The first-order valence-electron chi connectivity index (χ1n) is 10.1. The van der Waals surface area contributed by atoms with Crippen molar-refractivity contribution in [3.63, 3.8) is 0 Å². The summed E-state index contributed by atoms with van der Waals surface area (Å²) in [6.07, 6.45) is 3.39. The number of carbonyl (C=O) groups excluding carboxylic acids is 2. The number of H-pyrrole nitrogens is 1. The minimum atomic E-state index is -0.300. The van der Waals surface area contributed by atoms with Gasteiger partial charge in [0, 0.05) is 17.5 Å². The number of ketones is 1. The van der Waals surface area contributed by atoms with Crippen LogP contribution < -0.4 is 5.62 Å². The lowest BCUT2D eigenvalue weighted by molar-refractivity contribution is -0.121. The van der Waals surface area contributed by atoms with Crippen molar-refractivity contribution in [1.82, 2.24) is 9.55 Å². The van der Waals surface area contributed by atoms with Crippen LogP contribution >= 0.6 is 0 Å². The summed E-state index contributed by atoms with van der Waals surface area (Å²) in [6.45, 7) is 1.62. The second-order valence-corrected chi connectivity index (χ2v) is 7.73. The van der Waals surface area contributed by atoms with Crippen molar-refractivity contribution >= 4 is 22.7 Å². The number of nitrogens with zero attached hydrogens (tertiary/aromatic N) is 2. The van der Waals surface area contributed by atoms with Crippen LogP contribution in [0.3, 0.4) is 0 Å². The molecule has 0 saturated heterocycles. The van der Waals surface area contributed by atoms with Gasteiger partial charge in [0.1, 0.15) is 5.78 Å². The molecule has 6 nitrogen and oxygen atoms in total. The molecule has 1 aliphatic rings. The van der Waals surface area contributed by atoms with Crippen LogP contribution in [0.5, 0.6) is 0 Å². The molecule has 0 atom stereocenters. The van der Waals surface area contributed by atoms with E-state index in [1.165, 1.54) is 0 Å². The Balaban J connectivity index is 1.80. The predicted octanol–water partition coefficient (Wildman–Crippen LogP) is 3.52. The number of aromatic amines is 1.